The van der Waals surface area contributed by atoms with Crippen LogP contribution < -0.4 is 4.90 Å². The molecule has 1 unspecified atom stereocenters. The first-order chi connectivity index (χ1) is 24.0. The fourth-order valence-electron chi connectivity index (χ4n) is 7.09. The van der Waals surface area contributed by atoms with Gasteiger partial charge in [0.2, 0.25) is 0 Å². The zero-order chi connectivity index (χ0) is 35.0. The number of hydrogen-bond donors (Lipinski definition) is 0. The molecule has 1 aromatic carbocycles. The standard InChI is InChI=1S/C36H47N5O9/c1-35(2,3)50-34(43)40(23-15-9-10-16-23)30-24-19-37-41(31(24)39-26(38-30)21-45-27-17-11-12-18-44-27)32-29-28(48-36(4,5)49-29)25(47-32)20-46-33(42)22-13-7-6-8-14-22/h6-8,13-14,19,23,25,27-29,32H,9-12,15-18,20-21H2,1-5H3/t25-,27?,28-,29-,32-/m1/s1. The highest BCUT2D eigenvalue weighted by Gasteiger charge is 2.57. The van der Waals surface area contributed by atoms with Crippen LogP contribution in [0.1, 0.15) is 102 Å². The van der Waals surface area contributed by atoms with E-state index in [1.165, 1.54) is 0 Å². The van der Waals surface area contributed by atoms with Gasteiger partial charge in [0, 0.05) is 12.6 Å². The lowest BCUT2D eigenvalue weighted by Crippen LogP contribution is -2.43. The predicted molar refractivity (Wildman–Crippen MR) is 179 cm³/mol. The molecule has 4 fully saturated rings. The highest BCUT2D eigenvalue weighted by molar-refractivity contribution is 5.98. The molecule has 1 aliphatic carbocycles. The van der Waals surface area contributed by atoms with Crippen LogP contribution in [-0.4, -0.2) is 87.1 Å². The normalized spacial score (nSPS) is 26.6. The average molecular weight is 694 g/mol. The number of amides is 1. The molecular weight excluding hydrogens is 646 g/mol. The maximum atomic E-state index is 13.9. The molecule has 0 radical (unpaired) electrons. The summed E-state index contributed by atoms with van der Waals surface area (Å²) in [6.45, 7) is 9.86. The van der Waals surface area contributed by atoms with Gasteiger partial charge in [0.25, 0.3) is 0 Å². The first kappa shape index (κ1) is 34.7. The molecule has 0 bridgehead atoms. The van der Waals surface area contributed by atoms with E-state index in [0.717, 1.165) is 44.9 Å². The first-order valence-electron chi connectivity index (χ1n) is 17.7. The number of anilines is 1. The van der Waals surface area contributed by atoms with Crippen molar-refractivity contribution in [3.05, 3.63) is 47.9 Å². The third kappa shape index (κ3) is 7.49. The highest BCUT2D eigenvalue weighted by atomic mass is 16.8. The predicted octanol–water partition coefficient (Wildman–Crippen LogP) is 5.83. The molecule has 4 aliphatic rings. The summed E-state index contributed by atoms with van der Waals surface area (Å²) in [5, 5.41) is 5.31. The lowest BCUT2D eigenvalue weighted by Gasteiger charge is -2.31. The largest absolute Gasteiger partial charge is 0.459 e. The Hall–Kier alpha value is -3.69. The third-order valence-corrected chi connectivity index (χ3v) is 9.28. The van der Waals surface area contributed by atoms with E-state index in [0.29, 0.717) is 34.8 Å². The van der Waals surface area contributed by atoms with E-state index in [1.807, 2.05) is 40.7 Å². The number of benzene rings is 1. The monoisotopic (exact) mass is 693 g/mol. The molecule has 50 heavy (non-hydrogen) atoms. The van der Waals surface area contributed by atoms with Crippen LogP contribution in [0.2, 0.25) is 0 Å². The molecule has 1 saturated carbocycles. The van der Waals surface area contributed by atoms with Crippen molar-refractivity contribution in [2.45, 2.75) is 134 Å². The lowest BCUT2D eigenvalue weighted by atomic mass is 10.1. The van der Waals surface area contributed by atoms with Crippen LogP contribution in [0.5, 0.6) is 0 Å². The Labute approximate surface area is 291 Å². The molecule has 2 aromatic heterocycles. The lowest BCUT2D eigenvalue weighted by molar-refractivity contribution is -0.201. The van der Waals surface area contributed by atoms with Crippen LogP contribution in [0.25, 0.3) is 11.0 Å². The van der Waals surface area contributed by atoms with E-state index in [1.54, 1.807) is 40.0 Å². The number of hydrogen-bond acceptors (Lipinski definition) is 12. The van der Waals surface area contributed by atoms with Crippen LogP contribution in [0.3, 0.4) is 0 Å². The smallest absolute Gasteiger partial charge is 0.416 e. The van der Waals surface area contributed by atoms with E-state index in [-0.39, 0.29) is 25.5 Å². The van der Waals surface area contributed by atoms with Gasteiger partial charge in [-0.25, -0.2) is 24.2 Å². The number of esters is 1. The number of rotatable bonds is 9. The van der Waals surface area contributed by atoms with Crippen molar-refractivity contribution in [3.8, 4) is 0 Å². The minimum Gasteiger partial charge on any atom is -0.459 e. The van der Waals surface area contributed by atoms with Crippen LogP contribution in [-0.2, 0) is 39.8 Å². The number of nitrogens with zero attached hydrogens (tertiary/aromatic N) is 5. The molecule has 3 aromatic rings. The molecule has 5 heterocycles. The molecule has 0 N–H and O–H groups in total. The summed E-state index contributed by atoms with van der Waals surface area (Å²) in [6.07, 6.45) is 4.63. The van der Waals surface area contributed by atoms with Crippen molar-refractivity contribution in [2.24, 2.45) is 0 Å². The molecule has 3 aliphatic heterocycles. The van der Waals surface area contributed by atoms with Crippen molar-refractivity contribution >= 4 is 28.9 Å². The van der Waals surface area contributed by atoms with E-state index in [2.05, 4.69) is 0 Å². The Morgan fingerprint density at radius 1 is 1.00 bits per heavy atom. The first-order valence-corrected chi connectivity index (χ1v) is 17.7. The summed E-state index contributed by atoms with van der Waals surface area (Å²) in [5.41, 5.74) is 0.158. The fourth-order valence-corrected chi connectivity index (χ4v) is 7.09. The molecule has 14 heteroatoms. The number of ether oxygens (including phenoxy) is 7. The SMILES string of the molecule is CC(C)(C)OC(=O)N(c1nc(COC2CCCCO2)nc2c1cnn2[C@@H]1O[C@H](COC(=O)c2ccccc2)[C@H]2OC(C)(C)O[C@H]21)C1CCCC1. The van der Waals surface area contributed by atoms with Crippen LogP contribution >= 0.6 is 0 Å². The summed E-state index contributed by atoms with van der Waals surface area (Å²) in [7, 11) is 0. The highest BCUT2D eigenvalue weighted by Crippen LogP contribution is 2.44. The third-order valence-electron chi connectivity index (χ3n) is 9.28. The van der Waals surface area contributed by atoms with Gasteiger partial charge < -0.3 is 33.2 Å². The quantitative estimate of drug-likeness (QED) is 0.249. The van der Waals surface area contributed by atoms with Gasteiger partial charge in [0.15, 0.2) is 35.6 Å². The minimum atomic E-state index is -0.920. The Balaban J connectivity index is 1.24. The topological polar surface area (TPSA) is 146 Å². The zero-order valence-electron chi connectivity index (χ0n) is 29.4. The maximum absolute atomic E-state index is 13.9. The molecular formula is C36H47N5O9. The minimum absolute atomic E-state index is 0.0567. The summed E-state index contributed by atoms with van der Waals surface area (Å²) in [6, 6.07) is 8.68. The summed E-state index contributed by atoms with van der Waals surface area (Å²) in [5.74, 6) is -0.619. The molecule has 5 atom stereocenters. The van der Waals surface area contributed by atoms with Crippen molar-refractivity contribution < 1.29 is 42.7 Å². The van der Waals surface area contributed by atoms with E-state index >= 15 is 0 Å². The Morgan fingerprint density at radius 2 is 1.74 bits per heavy atom. The van der Waals surface area contributed by atoms with Gasteiger partial charge in [-0.05, 0) is 78.9 Å². The van der Waals surface area contributed by atoms with Crippen molar-refractivity contribution in [3.63, 3.8) is 0 Å². The zero-order valence-corrected chi connectivity index (χ0v) is 29.4. The van der Waals surface area contributed by atoms with Crippen LogP contribution in [0.15, 0.2) is 36.5 Å². The number of carbonyl (C=O) groups is 2. The number of aromatic nitrogens is 4. The van der Waals surface area contributed by atoms with Gasteiger partial charge in [0.05, 0.1) is 17.1 Å². The molecule has 14 nitrogen and oxygen atoms in total. The van der Waals surface area contributed by atoms with Gasteiger partial charge in [-0.3, -0.25) is 4.90 Å². The van der Waals surface area contributed by atoms with Crippen LogP contribution in [0, 0.1) is 0 Å². The van der Waals surface area contributed by atoms with Gasteiger partial charge in [-0.1, -0.05) is 31.0 Å². The van der Waals surface area contributed by atoms with Crippen LogP contribution in [0.4, 0.5) is 10.6 Å². The van der Waals surface area contributed by atoms with Gasteiger partial charge >= 0.3 is 12.1 Å². The summed E-state index contributed by atoms with van der Waals surface area (Å²) >= 11 is 0. The molecule has 0 spiro atoms. The number of fused-ring (bicyclic) bond motifs is 2. The van der Waals surface area contributed by atoms with Crippen molar-refractivity contribution in [2.75, 3.05) is 18.1 Å². The Kier molecular flexibility index (Phi) is 9.83. The molecule has 270 valence electrons. The second-order valence-corrected chi connectivity index (χ2v) is 14.8. The van der Waals surface area contributed by atoms with Gasteiger partial charge in [-0.2, -0.15) is 5.10 Å². The summed E-state index contributed by atoms with van der Waals surface area (Å²) < 4.78 is 44.4. The Bertz CT molecular complexity index is 1660. The molecule has 1 amide bonds. The number of carbonyl (C=O) groups excluding carboxylic acids is 2. The molecule has 3 saturated heterocycles. The second kappa shape index (κ2) is 14.1. The molecule has 7 rings (SSSR count). The van der Waals surface area contributed by atoms with E-state index in [4.69, 9.17) is 48.2 Å². The summed E-state index contributed by atoms with van der Waals surface area (Å²) in [4.78, 5) is 38.3. The van der Waals surface area contributed by atoms with E-state index in [9.17, 15) is 9.59 Å². The maximum Gasteiger partial charge on any atom is 0.416 e. The second-order valence-electron chi connectivity index (χ2n) is 14.8. The van der Waals surface area contributed by atoms with Crippen molar-refractivity contribution in [1.82, 2.24) is 19.7 Å². The van der Waals surface area contributed by atoms with Gasteiger partial charge in [-0.15, -0.1) is 0 Å². The Morgan fingerprint density at radius 3 is 2.46 bits per heavy atom. The van der Waals surface area contributed by atoms with Gasteiger partial charge in [0.1, 0.15) is 37.1 Å². The van der Waals surface area contributed by atoms with E-state index < -0.39 is 48.0 Å². The van der Waals surface area contributed by atoms with Crippen molar-refractivity contribution in [1.29, 1.82) is 0 Å². The average Bonchev–Trinajstić information content (AvgIpc) is 3.88. The fraction of sp³-hybridized carbons (Fsp3) is 0.639.